The van der Waals surface area contributed by atoms with Gasteiger partial charge in [0.15, 0.2) is 0 Å². The van der Waals surface area contributed by atoms with Crippen molar-refractivity contribution in [1.82, 2.24) is 0 Å². The molecular weight excluding hydrogens is 140 g/mol. The molecule has 0 aromatic carbocycles. The van der Waals surface area contributed by atoms with Crippen molar-refractivity contribution >= 4 is 22.4 Å². The van der Waals surface area contributed by atoms with E-state index in [0.717, 1.165) is 12.2 Å². The summed E-state index contributed by atoms with van der Waals surface area (Å²) in [6, 6.07) is 0. The van der Waals surface area contributed by atoms with Crippen LogP contribution in [0.5, 0.6) is 0 Å². The molecule has 0 heterocycles. The molecule has 0 aromatic rings. The molecule has 0 spiro atoms. The lowest BCUT2D eigenvalue weighted by molar-refractivity contribution is -0.133. The molecule has 0 aliphatic carbocycles. The van der Waals surface area contributed by atoms with Gasteiger partial charge in [0, 0.05) is 12.2 Å². The topological polar surface area (TPSA) is 63.6 Å². The molecule has 9 heavy (non-hydrogen) atoms. The first kappa shape index (κ1) is 7.90. The number of rotatable bonds is 2. The highest BCUT2D eigenvalue weighted by Crippen LogP contribution is 1.75. The van der Waals surface area contributed by atoms with Crippen LogP contribution in [0.4, 0.5) is 0 Å². The first-order chi connectivity index (χ1) is 4.16. The number of hydrogen-bond donors (Lipinski definition) is 1. The van der Waals surface area contributed by atoms with E-state index in [0.29, 0.717) is 0 Å². The van der Waals surface area contributed by atoms with Crippen molar-refractivity contribution in [3.63, 3.8) is 0 Å². The molecule has 0 aromatic heterocycles. The van der Waals surface area contributed by atoms with Crippen molar-refractivity contribution in [2.75, 3.05) is 0 Å². The minimum absolute atomic E-state index is 0.289. The summed E-state index contributed by atoms with van der Waals surface area (Å²) in [5.41, 5.74) is 0. The summed E-state index contributed by atoms with van der Waals surface area (Å²) in [6.07, 6.45) is 1.61. The Hall–Kier alpha value is -1.10. The van der Waals surface area contributed by atoms with Crippen LogP contribution in [0.1, 0.15) is 0 Å². The second kappa shape index (κ2) is 3.85. The Bertz CT molecular complexity index is 151. The molecule has 0 aliphatic rings. The van der Waals surface area contributed by atoms with Gasteiger partial charge in [-0.05, 0) is 0 Å². The first-order valence-corrected chi connectivity index (χ1v) is 2.97. The summed E-state index contributed by atoms with van der Waals surface area (Å²) >= 11 is 0. The summed E-state index contributed by atoms with van der Waals surface area (Å²) < 4.78 is 4.25. The molecule has 0 amide bonds. The fourth-order valence-electron chi connectivity index (χ4n) is 0.207. The van der Waals surface area contributed by atoms with E-state index in [4.69, 9.17) is 5.11 Å². The zero-order chi connectivity index (χ0) is 7.28. The summed E-state index contributed by atoms with van der Waals surface area (Å²) in [5.74, 6) is -1.76. The number of aliphatic carboxylic acids is 1. The zero-order valence-corrected chi connectivity index (χ0v) is 6.83. The van der Waals surface area contributed by atoms with Crippen molar-refractivity contribution < 1.29 is 19.1 Å². The van der Waals surface area contributed by atoms with Gasteiger partial charge < -0.3 is 9.53 Å². The average Bonchev–Trinajstić information content (AvgIpc) is 1.83. The van der Waals surface area contributed by atoms with Gasteiger partial charge in [-0.2, -0.15) is 0 Å². The summed E-state index contributed by atoms with van der Waals surface area (Å²) in [5, 5.41) is 7.97. The maximum absolute atomic E-state index is 10.2. The van der Waals surface area contributed by atoms with Crippen LogP contribution in [0.25, 0.3) is 0 Å². The normalized spacial score (nSPS) is 9.78. The van der Waals surface area contributed by atoms with Crippen molar-refractivity contribution in [3.8, 4) is 0 Å². The average molecular weight is 146 g/mol. The largest absolute Gasteiger partial charge is 0.526 e. The predicted octanol–water partition coefficient (Wildman–Crippen LogP) is -1.55. The van der Waals surface area contributed by atoms with Crippen LogP contribution in [-0.2, 0) is 14.0 Å². The summed E-state index contributed by atoms with van der Waals surface area (Å²) in [6.45, 7) is 0. The van der Waals surface area contributed by atoms with Crippen molar-refractivity contribution in [1.29, 1.82) is 0 Å². The highest BCUT2D eigenvalue weighted by Gasteiger charge is 1.91. The third-order valence-electron chi connectivity index (χ3n) is 0.563. The highest BCUT2D eigenvalue weighted by molar-refractivity contribution is 6.08. The van der Waals surface area contributed by atoms with Gasteiger partial charge in [0.25, 0.3) is 0 Å². The van der Waals surface area contributed by atoms with Crippen LogP contribution in [0.15, 0.2) is 12.2 Å². The molecule has 0 atom stereocenters. The lowest BCUT2D eigenvalue weighted by Gasteiger charge is -1.86. The number of hydrogen-bond acceptors (Lipinski definition) is 3. The first-order valence-electron chi connectivity index (χ1n) is 2.15. The molecule has 0 bridgehead atoms. The maximum Gasteiger partial charge on any atom is 0.328 e. The zero-order valence-electron chi connectivity index (χ0n) is 4.83. The fraction of sp³-hybridized carbons (Fsp3) is 0. The molecule has 0 rings (SSSR count). The quantitative estimate of drug-likeness (QED) is 0.378. The number of carboxylic acid groups (broad SMARTS) is 1. The monoisotopic (exact) mass is 146 g/mol. The van der Waals surface area contributed by atoms with E-state index in [9.17, 15) is 9.59 Å². The van der Waals surface area contributed by atoms with Gasteiger partial charge in [-0.1, -0.05) is 0 Å². The molecule has 0 saturated carbocycles. The van der Waals surface area contributed by atoms with Crippen LogP contribution in [-0.4, -0.2) is 27.5 Å². The van der Waals surface area contributed by atoms with E-state index in [1.807, 2.05) is 0 Å². The smallest absolute Gasteiger partial charge is 0.328 e. The van der Waals surface area contributed by atoms with E-state index < -0.39 is 11.9 Å². The Morgan fingerprint density at radius 2 is 2.00 bits per heavy atom. The third-order valence-corrected chi connectivity index (χ3v) is 0.966. The molecule has 1 N–H and O–H groups in total. The van der Waals surface area contributed by atoms with Crippen LogP contribution in [0, 0.1) is 0 Å². The Kier molecular flexibility index (Phi) is 3.37. The Balaban J connectivity index is 3.71. The second-order valence-corrected chi connectivity index (χ2v) is 1.60. The summed E-state index contributed by atoms with van der Waals surface area (Å²) in [7, 11) is 0.289. The SMILES string of the molecule is O=C(O)/C=C\C(=O)O[SiH3]. The van der Waals surface area contributed by atoms with Crippen molar-refractivity contribution in [2.45, 2.75) is 0 Å². The van der Waals surface area contributed by atoms with E-state index in [2.05, 4.69) is 4.43 Å². The molecule has 0 unspecified atom stereocenters. The molecule has 0 fully saturated rings. The number of carboxylic acids is 1. The van der Waals surface area contributed by atoms with Crippen LogP contribution in [0.3, 0.4) is 0 Å². The maximum atomic E-state index is 10.2. The third kappa shape index (κ3) is 4.76. The lowest BCUT2D eigenvalue weighted by Crippen LogP contribution is -1.97. The standard InChI is InChI=1S/C4H6O4Si/c5-3(6)1-2-4(7)8-9/h1-2H,9H3,(H,5,6)/b2-1-. The van der Waals surface area contributed by atoms with Crippen LogP contribution in [0.2, 0.25) is 0 Å². The molecule has 0 saturated heterocycles. The fourth-order valence-corrected chi connectivity index (χ4v) is 0.343. The van der Waals surface area contributed by atoms with Crippen LogP contribution < -0.4 is 0 Å². The summed E-state index contributed by atoms with van der Waals surface area (Å²) in [4.78, 5) is 19.9. The molecule has 0 aliphatic heterocycles. The van der Waals surface area contributed by atoms with Gasteiger partial charge in [-0.15, -0.1) is 0 Å². The lowest BCUT2D eigenvalue weighted by atomic mass is 10.5. The second-order valence-electron chi connectivity index (χ2n) is 1.19. The van der Waals surface area contributed by atoms with E-state index >= 15 is 0 Å². The van der Waals surface area contributed by atoms with E-state index in [1.165, 1.54) is 0 Å². The predicted molar refractivity (Wildman–Crippen MR) is 32.8 cm³/mol. The van der Waals surface area contributed by atoms with Gasteiger partial charge in [0.2, 0.25) is 10.5 Å². The minimum atomic E-state index is -1.15. The molecule has 5 heteroatoms. The van der Waals surface area contributed by atoms with Gasteiger partial charge >= 0.3 is 11.9 Å². The van der Waals surface area contributed by atoms with Crippen molar-refractivity contribution in [2.24, 2.45) is 0 Å². The molecule has 4 nitrogen and oxygen atoms in total. The number of carbonyl (C=O) groups is 2. The van der Waals surface area contributed by atoms with Gasteiger partial charge in [0.1, 0.15) is 0 Å². The van der Waals surface area contributed by atoms with Crippen molar-refractivity contribution in [3.05, 3.63) is 12.2 Å². The van der Waals surface area contributed by atoms with Gasteiger partial charge in [-0.25, -0.2) is 9.59 Å². The van der Waals surface area contributed by atoms with Crippen LogP contribution >= 0.6 is 0 Å². The van der Waals surface area contributed by atoms with Gasteiger partial charge in [0.05, 0.1) is 0 Å². The highest BCUT2D eigenvalue weighted by atomic mass is 28.2. The molecule has 0 radical (unpaired) electrons. The Morgan fingerprint density at radius 1 is 1.44 bits per heavy atom. The molecular formula is C4H6O4Si. The molecule has 50 valence electrons. The van der Waals surface area contributed by atoms with E-state index in [1.54, 1.807) is 0 Å². The van der Waals surface area contributed by atoms with Gasteiger partial charge in [-0.3, -0.25) is 0 Å². The Morgan fingerprint density at radius 3 is 2.33 bits per heavy atom. The number of carbonyl (C=O) groups excluding carboxylic acids is 1. The van der Waals surface area contributed by atoms with E-state index in [-0.39, 0.29) is 10.5 Å². The minimum Gasteiger partial charge on any atom is -0.526 e. The Labute approximate surface area is 54.7 Å².